The molecule has 2 unspecified atom stereocenters. The molecule has 0 aliphatic carbocycles. The highest BCUT2D eigenvalue weighted by Gasteiger charge is 2.20. The molecular weight excluding hydrogens is 263 g/mol. The van der Waals surface area contributed by atoms with Crippen molar-refractivity contribution in [3.63, 3.8) is 0 Å². The van der Waals surface area contributed by atoms with Gasteiger partial charge in [0.2, 0.25) is 0 Å². The largest absolute Gasteiger partial charge is 0.316 e. The fourth-order valence-electron chi connectivity index (χ4n) is 2.70. The molecule has 1 aromatic rings. The average molecular weight is 287 g/mol. The van der Waals surface area contributed by atoms with Crippen LogP contribution in [-0.4, -0.2) is 31.6 Å². The Morgan fingerprint density at radius 3 is 2.79 bits per heavy atom. The van der Waals surface area contributed by atoms with E-state index in [1.165, 1.54) is 12.8 Å². The lowest BCUT2D eigenvalue weighted by atomic mass is 9.97. The van der Waals surface area contributed by atoms with E-state index in [1.54, 1.807) is 12.1 Å². The van der Waals surface area contributed by atoms with Gasteiger partial charge >= 0.3 is 0 Å². The third-order valence-corrected chi connectivity index (χ3v) is 3.96. The summed E-state index contributed by atoms with van der Waals surface area (Å²) in [6.07, 6.45) is 2.54. The summed E-state index contributed by atoms with van der Waals surface area (Å²) in [6.45, 7) is 5.34. The van der Waals surface area contributed by atoms with E-state index in [9.17, 15) is 4.39 Å². The Hall–Kier alpha value is -0.640. The van der Waals surface area contributed by atoms with E-state index in [1.807, 2.05) is 12.1 Å². The SMILES string of the molecule is CC(c1ccccc1F)N(C)CC1CCCNC1.Cl. The lowest BCUT2D eigenvalue weighted by molar-refractivity contribution is 0.196. The van der Waals surface area contributed by atoms with Crippen LogP contribution in [0.25, 0.3) is 0 Å². The summed E-state index contributed by atoms with van der Waals surface area (Å²) in [5.41, 5.74) is 0.795. The topological polar surface area (TPSA) is 15.3 Å². The summed E-state index contributed by atoms with van der Waals surface area (Å²) in [4.78, 5) is 2.26. The maximum absolute atomic E-state index is 13.7. The minimum atomic E-state index is -0.0985. The van der Waals surface area contributed by atoms with Crippen molar-refractivity contribution in [3.05, 3.63) is 35.6 Å². The smallest absolute Gasteiger partial charge is 0.127 e. The van der Waals surface area contributed by atoms with Gasteiger partial charge in [0.1, 0.15) is 5.82 Å². The van der Waals surface area contributed by atoms with Gasteiger partial charge < -0.3 is 5.32 Å². The molecule has 108 valence electrons. The zero-order chi connectivity index (χ0) is 13.0. The lowest BCUT2D eigenvalue weighted by Crippen LogP contribution is -2.37. The summed E-state index contributed by atoms with van der Waals surface area (Å²) in [5.74, 6) is 0.594. The number of halogens is 2. The normalized spacial score (nSPS) is 20.9. The van der Waals surface area contributed by atoms with Crippen molar-refractivity contribution < 1.29 is 4.39 Å². The van der Waals surface area contributed by atoms with Crippen molar-refractivity contribution in [1.82, 2.24) is 10.2 Å². The summed E-state index contributed by atoms with van der Waals surface area (Å²) < 4.78 is 13.7. The monoisotopic (exact) mass is 286 g/mol. The molecule has 1 aliphatic rings. The fourth-order valence-corrected chi connectivity index (χ4v) is 2.70. The van der Waals surface area contributed by atoms with Gasteiger partial charge in [0.15, 0.2) is 0 Å². The predicted octanol–water partition coefficient (Wildman–Crippen LogP) is 3.24. The van der Waals surface area contributed by atoms with Crippen LogP contribution >= 0.6 is 12.4 Å². The highest BCUT2D eigenvalue weighted by molar-refractivity contribution is 5.85. The number of piperidine rings is 1. The van der Waals surface area contributed by atoms with Gasteiger partial charge in [-0.1, -0.05) is 18.2 Å². The van der Waals surface area contributed by atoms with Crippen LogP contribution in [0.2, 0.25) is 0 Å². The first kappa shape index (κ1) is 16.4. The summed E-state index contributed by atoms with van der Waals surface area (Å²) in [5, 5.41) is 3.43. The van der Waals surface area contributed by atoms with Crippen LogP contribution in [0.4, 0.5) is 4.39 Å². The molecule has 0 saturated carbocycles. The quantitative estimate of drug-likeness (QED) is 0.914. The second-order valence-electron chi connectivity index (χ2n) is 5.35. The molecule has 1 aromatic carbocycles. The Labute approximate surface area is 121 Å². The van der Waals surface area contributed by atoms with Crippen LogP contribution in [-0.2, 0) is 0 Å². The minimum Gasteiger partial charge on any atom is -0.316 e. The standard InChI is InChI=1S/C15H23FN2.ClH/c1-12(14-7-3-4-8-15(14)16)18(2)11-13-6-5-9-17-10-13;/h3-4,7-8,12-13,17H,5-6,9-11H2,1-2H3;1H. The Morgan fingerprint density at radius 1 is 1.42 bits per heavy atom. The lowest BCUT2D eigenvalue weighted by Gasteiger charge is -2.31. The molecule has 0 aromatic heterocycles. The third-order valence-electron chi connectivity index (χ3n) is 3.96. The van der Waals surface area contributed by atoms with Crippen LogP contribution in [0.5, 0.6) is 0 Å². The van der Waals surface area contributed by atoms with Crippen molar-refractivity contribution in [2.75, 3.05) is 26.7 Å². The molecule has 1 fully saturated rings. The number of hydrogen-bond donors (Lipinski definition) is 1. The van der Waals surface area contributed by atoms with E-state index < -0.39 is 0 Å². The third kappa shape index (κ3) is 4.44. The van der Waals surface area contributed by atoms with Crippen LogP contribution in [0.1, 0.15) is 31.4 Å². The maximum atomic E-state index is 13.7. The van der Waals surface area contributed by atoms with E-state index in [0.29, 0.717) is 5.92 Å². The molecule has 1 heterocycles. The van der Waals surface area contributed by atoms with E-state index in [-0.39, 0.29) is 24.3 Å². The molecule has 1 saturated heterocycles. The van der Waals surface area contributed by atoms with Crippen molar-refractivity contribution in [2.45, 2.75) is 25.8 Å². The molecule has 0 radical (unpaired) electrons. The number of nitrogens with one attached hydrogen (secondary N) is 1. The predicted molar refractivity (Wildman–Crippen MR) is 80.3 cm³/mol. The Kier molecular flexibility index (Phi) is 6.76. The molecule has 19 heavy (non-hydrogen) atoms. The Bertz CT molecular complexity index is 380. The Balaban J connectivity index is 0.00000180. The van der Waals surface area contributed by atoms with Gasteiger partial charge in [0.25, 0.3) is 0 Å². The molecule has 2 rings (SSSR count). The first-order valence-electron chi connectivity index (χ1n) is 6.84. The molecule has 1 aliphatic heterocycles. The summed E-state index contributed by atoms with van der Waals surface area (Å²) in [7, 11) is 2.09. The second kappa shape index (κ2) is 7.83. The molecule has 0 spiro atoms. The van der Waals surface area contributed by atoms with E-state index in [2.05, 4.69) is 24.2 Å². The van der Waals surface area contributed by atoms with E-state index in [4.69, 9.17) is 0 Å². The maximum Gasteiger partial charge on any atom is 0.127 e. The molecule has 0 amide bonds. The zero-order valence-electron chi connectivity index (χ0n) is 11.7. The van der Waals surface area contributed by atoms with Gasteiger partial charge in [0, 0.05) is 18.2 Å². The molecule has 2 atom stereocenters. The van der Waals surface area contributed by atoms with Crippen molar-refractivity contribution in [3.8, 4) is 0 Å². The van der Waals surface area contributed by atoms with E-state index in [0.717, 1.165) is 25.2 Å². The van der Waals surface area contributed by atoms with Crippen LogP contribution in [0, 0.1) is 11.7 Å². The van der Waals surface area contributed by atoms with Gasteiger partial charge in [0.05, 0.1) is 0 Å². The number of nitrogens with zero attached hydrogens (tertiary/aromatic N) is 1. The molecule has 1 N–H and O–H groups in total. The molecular formula is C15H24ClFN2. The minimum absolute atomic E-state index is 0. The van der Waals surface area contributed by atoms with Gasteiger partial charge in [-0.2, -0.15) is 0 Å². The number of rotatable bonds is 4. The van der Waals surface area contributed by atoms with Crippen LogP contribution in [0.15, 0.2) is 24.3 Å². The van der Waals surface area contributed by atoms with Crippen molar-refractivity contribution in [1.29, 1.82) is 0 Å². The van der Waals surface area contributed by atoms with Gasteiger partial charge in [-0.3, -0.25) is 4.90 Å². The molecule has 0 bridgehead atoms. The first-order valence-corrected chi connectivity index (χ1v) is 6.84. The zero-order valence-corrected chi connectivity index (χ0v) is 12.5. The van der Waals surface area contributed by atoms with Crippen molar-refractivity contribution in [2.24, 2.45) is 5.92 Å². The highest BCUT2D eigenvalue weighted by atomic mass is 35.5. The fraction of sp³-hybridized carbons (Fsp3) is 0.600. The second-order valence-corrected chi connectivity index (χ2v) is 5.35. The van der Waals surface area contributed by atoms with Gasteiger partial charge in [-0.15, -0.1) is 12.4 Å². The molecule has 2 nitrogen and oxygen atoms in total. The van der Waals surface area contributed by atoms with Gasteiger partial charge in [-0.05, 0) is 51.9 Å². The number of hydrogen-bond acceptors (Lipinski definition) is 2. The van der Waals surface area contributed by atoms with Crippen LogP contribution < -0.4 is 5.32 Å². The van der Waals surface area contributed by atoms with Crippen LogP contribution in [0.3, 0.4) is 0 Å². The average Bonchev–Trinajstić information content (AvgIpc) is 2.39. The number of benzene rings is 1. The first-order chi connectivity index (χ1) is 8.68. The highest BCUT2D eigenvalue weighted by Crippen LogP contribution is 2.23. The summed E-state index contributed by atoms with van der Waals surface area (Å²) >= 11 is 0. The van der Waals surface area contributed by atoms with E-state index >= 15 is 0 Å². The molecule has 4 heteroatoms. The van der Waals surface area contributed by atoms with Crippen molar-refractivity contribution >= 4 is 12.4 Å². The van der Waals surface area contributed by atoms with Gasteiger partial charge in [-0.25, -0.2) is 4.39 Å². The summed E-state index contributed by atoms with van der Waals surface area (Å²) in [6, 6.07) is 7.21. The Morgan fingerprint density at radius 2 is 2.16 bits per heavy atom.